The molecule has 0 aromatic heterocycles. The van der Waals surface area contributed by atoms with Crippen LogP contribution in [0.2, 0.25) is 0 Å². The number of fused-ring (bicyclic) bond motifs is 1. The molecule has 0 radical (unpaired) electrons. The minimum absolute atomic E-state index is 0.0228. The van der Waals surface area contributed by atoms with E-state index in [0.29, 0.717) is 25.3 Å². The molecule has 160 valence electrons. The maximum absolute atomic E-state index is 11.6. The zero-order valence-electron chi connectivity index (χ0n) is 18.1. The molecule has 4 rings (SSSR count). The van der Waals surface area contributed by atoms with Gasteiger partial charge in [0.25, 0.3) is 0 Å². The van der Waals surface area contributed by atoms with Gasteiger partial charge in [-0.25, -0.2) is 0 Å². The summed E-state index contributed by atoms with van der Waals surface area (Å²) in [6, 6.07) is 17.9. The molecule has 0 bridgehead atoms. The number of aryl methyl sites for hydroxylation is 2. The first-order chi connectivity index (χ1) is 15.0. The summed E-state index contributed by atoms with van der Waals surface area (Å²) in [6.07, 6.45) is 0.315. The second-order valence-electron chi connectivity index (χ2n) is 7.97. The number of carbonyl (C=O) groups is 1. The van der Waals surface area contributed by atoms with Crippen LogP contribution in [0.15, 0.2) is 54.6 Å². The van der Waals surface area contributed by atoms with Crippen molar-refractivity contribution < 1.29 is 19.4 Å². The number of rotatable bonds is 6. The fraction of sp³-hybridized carbons (Fsp3) is 0.269. The second kappa shape index (κ2) is 8.72. The van der Waals surface area contributed by atoms with Crippen LogP contribution in [-0.2, 0) is 16.1 Å². The number of hydrogen-bond donors (Lipinski definition) is 2. The van der Waals surface area contributed by atoms with E-state index in [4.69, 9.17) is 9.47 Å². The first kappa shape index (κ1) is 20.8. The lowest BCUT2D eigenvalue weighted by Gasteiger charge is -2.15. The van der Waals surface area contributed by atoms with E-state index in [1.807, 2.05) is 42.5 Å². The first-order valence-corrected chi connectivity index (χ1v) is 10.4. The van der Waals surface area contributed by atoms with Crippen molar-refractivity contribution in [2.24, 2.45) is 0 Å². The molecule has 31 heavy (non-hydrogen) atoms. The SMILES string of the molecule is COC(=O)CC1COc2cc(NCc3cccc(-c4c(C)cccc4C)c3O)ccc21. The molecule has 0 saturated heterocycles. The molecule has 5 nitrogen and oxygen atoms in total. The Hall–Kier alpha value is -3.47. The number of phenols is 1. The van der Waals surface area contributed by atoms with Crippen LogP contribution >= 0.6 is 0 Å². The summed E-state index contributed by atoms with van der Waals surface area (Å²) >= 11 is 0. The van der Waals surface area contributed by atoms with E-state index in [1.54, 1.807) is 0 Å². The molecule has 2 N–H and O–H groups in total. The highest BCUT2D eigenvalue weighted by Gasteiger charge is 2.27. The number of phenolic OH excluding ortho intramolecular Hbond substituents is 1. The fourth-order valence-corrected chi connectivity index (χ4v) is 4.21. The van der Waals surface area contributed by atoms with E-state index in [2.05, 4.69) is 31.3 Å². The highest BCUT2D eigenvalue weighted by molar-refractivity contribution is 5.77. The van der Waals surface area contributed by atoms with Gasteiger partial charge in [0.15, 0.2) is 0 Å². The molecular formula is C26H27NO4. The summed E-state index contributed by atoms with van der Waals surface area (Å²) < 4.78 is 10.6. The minimum Gasteiger partial charge on any atom is -0.507 e. The Morgan fingerprint density at radius 1 is 1.13 bits per heavy atom. The van der Waals surface area contributed by atoms with Gasteiger partial charge in [0.2, 0.25) is 0 Å². The van der Waals surface area contributed by atoms with E-state index in [0.717, 1.165) is 44.8 Å². The lowest BCUT2D eigenvalue weighted by molar-refractivity contribution is -0.141. The number of ether oxygens (including phenoxy) is 2. The van der Waals surface area contributed by atoms with Crippen LogP contribution in [-0.4, -0.2) is 24.8 Å². The molecule has 0 fully saturated rings. The monoisotopic (exact) mass is 417 g/mol. The van der Waals surface area contributed by atoms with Gasteiger partial charge in [-0.2, -0.15) is 0 Å². The summed E-state index contributed by atoms with van der Waals surface area (Å²) in [6.45, 7) is 5.08. The Morgan fingerprint density at radius 2 is 1.87 bits per heavy atom. The van der Waals surface area contributed by atoms with Crippen LogP contribution in [0.4, 0.5) is 5.69 Å². The number of para-hydroxylation sites is 1. The molecular weight excluding hydrogens is 390 g/mol. The predicted molar refractivity (Wildman–Crippen MR) is 122 cm³/mol. The third-order valence-corrected chi connectivity index (χ3v) is 5.89. The summed E-state index contributed by atoms with van der Waals surface area (Å²) in [5.74, 6) is 0.868. The van der Waals surface area contributed by atoms with Gasteiger partial charge in [-0.1, -0.05) is 42.5 Å². The first-order valence-electron chi connectivity index (χ1n) is 10.4. The van der Waals surface area contributed by atoms with E-state index in [1.165, 1.54) is 7.11 Å². The maximum atomic E-state index is 11.6. The Bertz CT molecular complexity index is 1100. The molecule has 3 aromatic rings. The number of aromatic hydroxyl groups is 1. The fourth-order valence-electron chi connectivity index (χ4n) is 4.21. The Morgan fingerprint density at radius 3 is 2.61 bits per heavy atom. The van der Waals surface area contributed by atoms with Crippen molar-refractivity contribution in [3.05, 3.63) is 76.9 Å². The van der Waals surface area contributed by atoms with Crippen molar-refractivity contribution in [2.75, 3.05) is 19.0 Å². The number of benzene rings is 3. The van der Waals surface area contributed by atoms with Crippen LogP contribution in [0, 0.1) is 13.8 Å². The Balaban J connectivity index is 1.51. The standard InChI is InChI=1S/C26H27NO4/c1-16-6-4-7-17(2)25(16)22-9-5-8-18(26(22)29)14-27-20-10-11-21-19(12-24(28)30-3)15-31-23(21)13-20/h4-11,13,19,27,29H,12,14-15H2,1-3H3. The van der Waals surface area contributed by atoms with Crippen molar-refractivity contribution in [1.29, 1.82) is 0 Å². The van der Waals surface area contributed by atoms with Crippen LogP contribution in [0.1, 0.15) is 34.6 Å². The van der Waals surface area contributed by atoms with E-state index in [9.17, 15) is 9.90 Å². The zero-order valence-corrected chi connectivity index (χ0v) is 18.1. The maximum Gasteiger partial charge on any atom is 0.306 e. The van der Waals surface area contributed by atoms with Crippen LogP contribution < -0.4 is 10.1 Å². The van der Waals surface area contributed by atoms with E-state index >= 15 is 0 Å². The molecule has 0 spiro atoms. The average Bonchev–Trinajstić information content (AvgIpc) is 3.15. The molecule has 1 aliphatic rings. The van der Waals surface area contributed by atoms with Crippen molar-refractivity contribution in [1.82, 2.24) is 0 Å². The van der Waals surface area contributed by atoms with Gasteiger partial charge < -0.3 is 19.9 Å². The minimum atomic E-state index is -0.233. The zero-order chi connectivity index (χ0) is 22.0. The summed E-state index contributed by atoms with van der Waals surface area (Å²) in [5, 5.41) is 14.3. The highest BCUT2D eigenvalue weighted by Crippen LogP contribution is 2.39. The number of methoxy groups -OCH3 is 1. The van der Waals surface area contributed by atoms with Crippen LogP contribution in [0.3, 0.4) is 0 Å². The molecule has 1 unspecified atom stereocenters. The van der Waals surface area contributed by atoms with Crippen molar-refractivity contribution in [2.45, 2.75) is 32.7 Å². The smallest absolute Gasteiger partial charge is 0.306 e. The van der Waals surface area contributed by atoms with E-state index < -0.39 is 0 Å². The third kappa shape index (κ3) is 4.22. The normalized spacial score (nSPS) is 14.6. The number of esters is 1. The molecule has 5 heteroatoms. The number of anilines is 1. The van der Waals surface area contributed by atoms with Gasteiger partial charge in [-0.3, -0.25) is 4.79 Å². The number of hydrogen-bond acceptors (Lipinski definition) is 5. The molecule has 3 aromatic carbocycles. The summed E-state index contributed by atoms with van der Waals surface area (Å²) in [7, 11) is 1.40. The molecule has 0 amide bonds. The topological polar surface area (TPSA) is 67.8 Å². The van der Waals surface area contributed by atoms with Gasteiger partial charge >= 0.3 is 5.97 Å². The lowest BCUT2D eigenvalue weighted by atomic mass is 9.93. The van der Waals surface area contributed by atoms with Crippen molar-refractivity contribution in [3.63, 3.8) is 0 Å². The molecule has 1 aliphatic heterocycles. The molecule has 0 aliphatic carbocycles. The predicted octanol–water partition coefficient (Wildman–Crippen LogP) is 5.33. The van der Waals surface area contributed by atoms with Gasteiger partial charge in [-0.05, 0) is 36.6 Å². The lowest BCUT2D eigenvalue weighted by Crippen LogP contribution is -2.09. The van der Waals surface area contributed by atoms with Crippen LogP contribution in [0.25, 0.3) is 11.1 Å². The molecule has 1 heterocycles. The molecule has 1 atom stereocenters. The molecule has 0 saturated carbocycles. The average molecular weight is 418 g/mol. The van der Waals surface area contributed by atoms with Gasteiger partial charge in [0, 0.05) is 40.9 Å². The van der Waals surface area contributed by atoms with Crippen molar-refractivity contribution >= 4 is 11.7 Å². The Kier molecular flexibility index (Phi) is 5.85. The number of nitrogens with one attached hydrogen (secondary N) is 1. The quantitative estimate of drug-likeness (QED) is 0.531. The van der Waals surface area contributed by atoms with Gasteiger partial charge in [0.05, 0.1) is 20.1 Å². The largest absolute Gasteiger partial charge is 0.507 e. The summed E-state index contributed by atoms with van der Waals surface area (Å²) in [4.78, 5) is 11.6. The van der Waals surface area contributed by atoms with Gasteiger partial charge in [0.1, 0.15) is 11.5 Å². The van der Waals surface area contributed by atoms with E-state index in [-0.39, 0.29) is 11.9 Å². The second-order valence-corrected chi connectivity index (χ2v) is 7.97. The third-order valence-electron chi connectivity index (χ3n) is 5.89. The summed E-state index contributed by atoms with van der Waals surface area (Å²) in [5.41, 5.74) is 6.94. The highest BCUT2D eigenvalue weighted by atomic mass is 16.5. The van der Waals surface area contributed by atoms with Crippen LogP contribution in [0.5, 0.6) is 11.5 Å². The van der Waals surface area contributed by atoms with Gasteiger partial charge in [-0.15, -0.1) is 0 Å². The Labute approximate surface area is 182 Å². The number of carbonyl (C=O) groups excluding carboxylic acids is 1. The van der Waals surface area contributed by atoms with Crippen molar-refractivity contribution in [3.8, 4) is 22.6 Å².